The summed E-state index contributed by atoms with van der Waals surface area (Å²) >= 11 is 0. The molecular formula is C16H11CrN5NaO8S. The van der Waals surface area contributed by atoms with Crippen molar-refractivity contribution in [2.24, 2.45) is 10.2 Å². The zero-order valence-corrected chi connectivity index (χ0v) is 20.5. The molecule has 1 N–H and O–H groups in total. The largest absolute Gasteiger partial charge is 3.00 e. The Morgan fingerprint density at radius 2 is 1.72 bits per heavy atom. The van der Waals surface area contributed by atoms with E-state index in [1.165, 1.54) is 6.92 Å². The van der Waals surface area contributed by atoms with Crippen LogP contribution in [0.25, 0.3) is 5.69 Å². The summed E-state index contributed by atoms with van der Waals surface area (Å²) in [5.41, 5.74) is -1.95. The molecule has 3 aromatic rings. The average molecular weight is 508 g/mol. The molecule has 0 aliphatic carbocycles. The molecule has 32 heavy (non-hydrogen) atoms. The van der Waals surface area contributed by atoms with Crippen LogP contribution in [0, 0.1) is 17.0 Å². The van der Waals surface area contributed by atoms with Crippen molar-refractivity contribution < 1.29 is 75.4 Å². The number of hydrogen-bond donors (Lipinski definition) is 0. The molecule has 0 saturated heterocycles. The Morgan fingerprint density at radius 1 is 1.12 bits per heavy atom. The smallest absolute Gasteiger partial charge is 0.870 e. The molecular weight excluding hydrogens is 497 g/mol. The summed E-state index contributed by atoms with van der Waals surface area (Å²) in [6.45, 7) is 1.45. The molecule has 13 nitrogen and oxygen atoms in total. The molecule has 0 atom stereocenters. The van der Waals surface area contributed by atoms with Gasteiger partial charge in [0.1, 0.15) is 15.8 Å². The van der Waals surface area contributed by atoms with E-state index in [-0.39, 0.29) is 63.8 Å². The molecule has 0 bridgehead atoms. The second-order valence-corrected chi connectivity index (χ2v) is 7.04. The van der Waals surface area contributed by atoms with Gasteiger partial charge in [-0.1, -0.05) is 30.9 Å². The van der Waals surface area contributed by atoms with E-state index >= 15 is 0 Å². The molecule has 2 aromatic carbocycles. The van der Waals surface area contributed by atoms with Crippen LogP contribution in [0.5, 0.6) is 5.75 Å². The van der Waals surface area contributed by atoms with E-state index in [0.717, 1.165) is 4.68 Å². The van der Waals surface area contributed by atoms with Crippen molar-refractivity contribution in [2.75, 3.05) is 0 Å². The van der Waals surface area contributed by atoms with E-state index in [9.17, 15) is 33.0 Å². The summed E-state index contributed by atoms with van der Waals surface area (Å²) in [6, 6.07) is 9.36. The molecule has 0 aliphatic rings. The fourth-order valence-electron chi connectivity index (χ4n) is 2.40. The molecule has 161 valence electrons. The first-order chi connectivity index (χ1) is 13.6. The number of nitro groups is 1. The first-order valence-electron chi connectivity index (χ1n) is 7.78. The van der Waals surface area contributed by atoms with Crippen LogP contribution in [0.4, 0.5) is 17.1 Å². The van der Waals surface area contributed by atoms with Gasteiger partial charge in [0.15, 0.2) is 0 Å². The minimum absolute atomic E-state index is 0. The van der Waals surface area contributed by atoms with Gasteiger partial charge < -0.3 is 24.9 Å². The Labute approximate surface area is 213 Å². The third-order valence-corrected chi connectivity index (χ3v) is 4.59. The maximum atomic E-state index is 12.5. The molecule has 0 aliphatic heterocycles. The third-order valence-electron chi connectivity index (χ3n) is 3.75. The first-order valence-corrected chi connectivity index (χ1v) is 9.19. The Morgan fingerprint density at radius 3 is 2.25 bits per heavy atom. The van der Waals surface area contributed by atoms with Crippen molar-refractivity contribution >= 4 is 27.2 Å². The van der Waals surface area contributed by atoms with Crippen LogP contribution in [0.2, 0.25) is 0 Å². The number of nitrogens with zero attached hydrogens (tertiary/aromatic N) is 5. The average Bonchev–Trinajstić information content (AvgIpc) is 2.94. The third kappa shape index (κ3) is 6.12. The number of benzene rings is 2. The van der Waals surface area contributed by atoms with Crippen LogP contribution < -0.4 is 45.3 Å². The Balaban J connectivity index is 0.00000320. The van der Waals surface area contributed by atoms with Gasteiger partial charge in [0.05, 0.1) is 15.5 Å². The van der Waals surface area contributed by atoms with Gasteiger partial charge in [-0.15, -0.1) is 10.8 Å². The molecule has 1 heterocycles. The second kappa shape index (κ2) is 11.5. The number of azo groups is 1. The summed E-state index contributed by atoms with van der Waals surface area (Å²) in [4.78, 5) is 21.1. The van der Waals surface area contributed by atoms with Gasteiger partial charge in [-0.25, -0.2) is 8.42 Å². The predicted octanol–water partition coefficient (Wildman–Crippen LogP) is -1.77. The fraction of sp³-hybridized carbons (Fsp3) is 0.0625. The second-order valence-electron chi connectivity index (χ2n) is 5.69. The number of para-hydroxylation sites is 1. The number of non-ortho nitro benzene ring substituents is 1. The van der Waals surface area contributed by atoms with Gasteiger partial charge in [-0.05, 0) is 12.1 Å². The number of nitro benzene ring substituents is 1. The molecule has 1 aromatic heterocycles. The molecule has 0 spiro atoms. The van der Waals surface area contributed by atoms with E-state index < -0.39 is 42.6 Å². The van der Waals surface area contributed by atoms with Crippen molar-refractivity contribution in [3.63, 3.8) is 0 Å². The van der Waals surface area contributed by atoms with Crippen LogP contribution in [0.15, 0.2) is 62.4 Å². The fourth-order valence-corrected chi connectivity index (χ4v) is 3.00. The summed E-state index contributed by atoms with van der Waals surface area (Å²) < 4.78 is 34.7. The minimum atomic E-state index is -5.29. The summed E-state index contributed by atoms with van der Waals surface area (Å²) in [6.07, 6.45) is 0. The summed E-state index contributed by atoms with van der Waals surface area (Å²) in [5, 5.41) is 34.2. The molecule has 3 rings (SSSR count). The molecule has 0 unspecified atom stereocenters. The van der Waals surface area contributed by atoms with Crippen LogP contribution in [0.1, 0.15) is 5.69 Å². The van der Waals surface area contributed by atoms with E-state index in [1.54, 1.807) is 30.3 Å². The van der Waals surface area contributed by atoms with Crippen molar-refractivity contribution in [1.82, 2.24) is 9.78 Å². The SMILES string of the molecule is Cc1[n-]n(-c2ccccc2)c(=O)c1N=Nc1cc([N+](=O)[O-])cc(S(=O)(=O)[O-])c1[O-].[Cr+3].[Na+].[OH-]. The van der Waals surface area contributed by atoms with Crippen LogP contribution in [-0.2, 0) is 27.5 Å². The van der Waals surface area contributed by atoms with Crippen LogP contribution in [0.3, 0.4) is 0 Å². The number of aryl methyl sites for hydroxylation is 1. The Kier molecular flexibility index (Phi) is 10.7. The van der Waals surface area contributed by atoms with E-state index in [1.807, 2.05) is 0 Å². The maximum absolute atomic E-state index is 12.5. The van der Waals surface area contributed by atoms with Crippen LogP contribution >= 0.6 is 0 Å². The van der Waals surface area contributed by atoms with Gasteiger partial charge in [0.2, 0.25) is 0 Å². The van der Waals surface area contributed by atoms with Gasteiger partial charge in [-0.2, -0.15) is 5.11 Å². The van der Waals surface area contributed by atoms with Gasteiger partial charge in [0, 0.05) is 17.8 Å². The molecule has 1 radical (unpaired) electrons. The molecule has 0 saturated carbocycles. The van der Waals surface area contributed by atoms with Crippen molar-refractivity contribution in [1.29, 1.82) is 0 Å². The van der Waals surface area contributed by atoms with Gasteiger partial charge >= 0.3 is 46.9 Å². The quantitative estimate of drug-likeness (QED) is 0.125. The van der Waals surface area contributed by atoms with Crippen molar-refractivity contribution in [3.8, 4) is 11.4 Å². The van der Waals surface area contributed by atoms with E-state index in [4.69, 9.17) is 0 Å². The molecule has 0 amide bonds. The normalized spacial score (nSPS) is 10.7. The van der Waals surface area contributed by atoms with Crippen molar-refractivity contribution in [3.05, 3.63) is 68.6 Å². The van der Waals surface area contributed by atoms with Crippen LogP contribution in [-0.4, -0.2) is 28.1 Å². The Hall–Kier alpha value is -2.35. The van der Waals surface area contributed by atoms with Crippen molar-refractivity contribution in [2.45, 2.75) is 11.8 Å². The molecule has 0 fully saturated rings. The maximum Gasteiger partial charge on any atom is 3.00 e. The molecule has 16 heteroatoms. The topological polar surface area (TPSA) is 214 Å². The number of rotatable bonds is 5. The van der Waals surface area contributed by atoms with E-state index in [0.29, 0.717) is 17.8 Å². The standard InChI is InChI=1S/C16H13N5O7S.Cr.Na.H2O/c1-9-14(16(23)20(19-9)10-5-3-2-4-6-10)18-17-12-7-11(21(24)25)8-13(15(12)22)29(26,27)28;;;/h2-8H,1H3,(H3,17,18,19,22,23,26,27,28);;;1H2/q;+3;+1;/p-4. The van der Waals surface area contributed by atoms with Gasteiger partial charge in [-0.3, -0.25) is 14.9 Å². The number of hydrogen-bond acceptors (Lipinski definition) is 10. The number of aromatic nitrogens is 2. The minimum Gasteiger partial charge on any atom is -0.870 e. The van der Waals surface area contributed by atoms with Gasteiger partial charge in [0.25, 0.3) is 11.2 Å². The Bertz CT molecular complexity index is 1310. The first kappa shape index (κ1) is 29.7. The monoisotopic (exact) mass is 508 g/mol. The van der Waals surface area contributed by atoms with E-state index in [2.05, 4.69) is 15.3 Å². The zero-order valence-electron chi connectivity index (χ0n) is 16.4. The summed E-state index contributed by atoms with van der Waals surface area (Å²) in [5.74, 6) is -1.37. The predicted molar refractivity (Wildman–Crippen MR) is 96.7 cm³/mol. The zero-order chi connectivity index (χ0) is 21.3. The summed E-state index contributed by atoms with van der Waals surface area (Å²) in [7, 11) is -5.29.